The van der Waals surface area contributed by atoms with Gasteiger partial charge in [-0.2, -0.15) is 0 Å². The predicted octanol–water partition coefficient (Wildman–Crippen LogP) is 12.9. The first-order valence-corrected chi connectivity index (χ1v) is 17.2. The lowest BCUT2D eigenvalue weighted by atomic mass is 9.98. The minimum Gasteiger partial charge on any atom is -0.309 e. The lowest BCUT2D eigenvalue weighted by Crippen LogP contribution is -1.98. The summed E-state index contributed by atoms with van der Waals surface area (Å²) in [6.45, 7) is 0. The fraction of sp³-hybridized carbons (Fsp3) is 0. The van der Waals surface area contributed by atoms with Crippen molar-refractivity contribution in [3.05, 3.63) is 194 Å². The van der Waals surface area contributed by atoms with Crippen LogP contribution < -0.4 is 0 Å². The Hall–Kier alpha value is -6.64. The fourth-order valence-electron chi connectivity index (χ4n) is 7.88. The molecule has 0 amide bonds. The molecule has 2 nitrogen and oxygen atoms in total. The van der Waals surface area contributed by atoms with E-state index in [4.69, 9.17) is 0 Å². The second-order valence-electron chi connectivity index (χ2n) is 12.9. The zero-order valence-corrected chi connectivity index (χ0v) is 27.4. The highest BCUT2D eigenvalue weighted by Gasteiger charge is 2.22. The van der Waals surface area contributed by atoms with Gasteiger partial charge in [0, 0.05) is 32.8 Å². The third-order valence-corrected chi connectivity index (χ3v) is 10.1. The molecule has 2 aromatic heterocycles. The molecular formula is C48H32N2. The summed E-state index contributed by atoms with van der Waals surface area (Å²) < 4.78 is 4.93. The van der Waals surface area contributed by atoms with Crippen molar-refractivity contribution in [1.29, 1.82) is 0 Å². The summed E-state index contributed by atoms with van der Waals surface area (Å²) in [5, 5.41) is 5.01. The van der Waals surface area contributed by atoms with Crippen LogP contribution in [0.25, 0.3) is 88.4 Å². The standard InChI is InChI=1S/C48H32N2/c1-3-14-33(15-4-1)35-26-28-38(29-27-35)49-45-25-12-9-22-42(45)47-46(49)31-30-41-40-21-8-11-24-44(40)50(48(41)47)43-23-10-7-20-39(43)37-19-13-18-36(32-37)34-16-5-2-6-17-34/h1-32H. The van der Waals surface area contributed by atoms with Crippen LogP contribution in [0.5, 0.6) is 0 Å². The summed E-state index contributed by atoms with van der Waals surface area (Å²) in [4.78, 5) is 0. The van der Waals surface area contributed by atoms with Crippen molar-refractivity contribution >= 4 is 43.6 Å². The van der Waals surface area contributed by atoms with Gasteiger partial charge in [-0.3, -0.25) is 0 Å². The molecule has 10 aromatic rings. The summed E-state index contributed by atoms with van der Waals surface area (Å²) in [5.74, 6) is 0. The minimum absolute atomic E-state index is 1.15. The molecule has 2 heteroatoms. The van der Waals surface area contributed by atoms with E-state index in [2.05, 4.69) is 203 Å². The summed E-state index contributed by atoms with van der Waals surface area (Å²) in [6.07, 6.45) is 0. The van der Waals surface area contributed by atoms with Crippen LogP contribution in [0, 0.1) is 0 Å². The Kier molecular flexibility index (Phi) is 6.53. The molecule has 0 saturated carbocycles. The van der Waals surface area contributed by atoms with E-state index in [9.17, 15) is 0 Å². The highest BCUT2D eigenvalue weighted by molar-refractivity contribution is 6.26. The lowest BCUT2D eigenvalue weighted by molar-refractivity contribution is 1.17. The zero-order valence-electron chi connectivity index (χ0n) is 27.4. The van der Waals surface area contributed by atoms with E-state index < -0.39 is 0 Å². The quantitative estimate of drug-likeness (QED) is 0.178. The average Bonchev–Trinajstić information content (AvgIpc) is 3.72. The first-order valence-electron chi connectivity index (χ1n) is 17.2. The van der Waals surface area contributed by atoms with Gasteiger partial charge in [0.2, 0.25) is 0 Å². The van der Waals surface area contributed by atoms with E-state index in [1.165, 1.54) is 82.7 Å². The second kappa shape index (κ2) is 11.5. The number of rotatable bonds is 5. The van der Waals surface area contributed by atoms with Crippen LogP contribution in [0.3, 0.4) is 0 Å². The molecule has 0 aliphatic carbocycles. The Bertz CT molecular complexity index is 2840. The van der Waals surface area contributed by atoms with Crippen LogP contribution >= 0.6 is 0 Å². The normalized spacial score (nSPS) is 11.6. The van der Waals surface area contributed by atoms with Crippen molar-refractivity contribution in [2.75, 3.05) is 0 Å². The predicted molar refractivity (Wildman–Crippen MR) is 211 cm³/mol. The Morgan fingerprint density at radius 1 is 0.300 bits per heavy atom. The summed E-state index contributed by atoms with van der Waals surface area (Å²) in [7, 11) is 0. The number of para-hydroxylation sites is 3. The number of hydrogen-bond acceptors (Lipinski definition) is 0. The Morgan fingerprint density at radius 3 is 1.62 bits per heavy atom. The van der Waals surface area contributed by atoms with E-state index in [1.807, 2.05) is 0 Å². The van der Waals surface area contributed by atoms with Gasteiger partial charge in [0.1, 0.15) is 0 Å². The van der Waals surface area contributed by atoms with E-state index >= 15 is 0 Å². The summed E-state index contributed by atoms with van der Waals surface area (Å²) in [6, 6.07) is 70.3. The SMILES string of the molecule is c1ccc(-c2ccc(-n3c4ccccc4c4c3ccc3c5ccccc5n(-c5ccccc5-c5cccc(-c6ccccc6)c5)c34)cc2)cc1. The highest BCUT2D eigenvalue weighted by Crippen LogP contribution is 2.43. The van der Waals surface area contributed by atoms with E-state index in [0.717, 1.165) is 5.69 Å². The molecule has 234 valence electrons. The number of hydrogen-bond donors (Lipinski definition) is 0. The number of fused-ring (bicyclic) bond motifs is 7. The first kappa shape index (κ1) is 28.4. The molecule has 0 N–H and O–H groups in total. The monoisotopic (exact) mass is 636 g/mol. The number of benzene rings is 8. The zero-order chi connectivity index (χ0) is 33.0. The topological polar surface area (TPSA) is 9.86 Å². The molecule has 0 radical (unpaired) electrons. The largest absolute Gasteiger partial charge is 0.309 e. The molecule has 0 bridgehead atoms. The van der Waals surface area contributed by atoms with Crippen LogP contribution in [0.4, 0.5) is 0 Å². The van der Waals surface area contributed by atoms with E-state index in [-0.39, 0.29) is 0 Å². The molecule has 0 atom stereocenters. The van der Waals surface area contributed by atoms with Gasteiger partial charge in [-0.1, -0.05) is 152 Å². The van der Waals surface area contributed by atoms with Crippen LogP contribution in [0.15, 0.2) is 194 Å². The van der Waals surface area contributed by atoms with Crippen LogP contribution in [-0.4, -0.2) is 9.13 Å². The highest BCUT2D eigenvalue weighted by atomic mass is 15.0. The summed E-state index contributed by atoms with van der Waals surface area (Å²) >= 11 is 0. The van der Waals surface area contributed by atoms with Crippen molar-refractivity contribution < 1.29 is 0 Å². The molecule has 8 aromatic carbocycles. The van der Waals surface area contributed by atoms with Gasteiger partial charge in [0.05, 0.1) is 27.8 Å². The van der Waals surface area contributed by atoms with E-state index in [0.29, 0.717) is 0 Å². The molecule has 0 aliphatic rings. The summed E-state index contributed by atoms with van der Waals surface area (Å²) in [5.41, 5.74) is 14.4. The Labute approximate surface area is 290 Å². The van der Waals surface area contributed by atoms with Crippen molar-refractivity contribution in [2.24, 2.45) is 0 Å². The third kappa shape index (κ3) is 4.43. The van der Waals surface area contributed by atoms with Crippen molar-refractivity contribution in [1.82, 2.24) is 9.13 Å². The molecule has 50 heavy (non-hydrogen) atoms. The van der Waals surface area contributed by atoms with E-state index in [1.54, 1.807) is 0 Å². The lowest BCUT2D eigenvalue weighted by Gasteiger charge is -2.15. The third-order valence-electron chi connectivity index (χ3n) is 10.1. The molecule has 0 spiro atoms. The van der Waals surface area contributed by atoms with Crippen LogP contribution in [-0.2, 0) is 0 Å². The number of aromatic nitrogens is 2. The number of nitrogens with zero attached hydrogens (tertiary/aromatic N) is 2. The van der Waals surface area contributed by atoms with Crippen LogP contribution in [0.1, 0.15) is 0 Å². The molecule has 2 heterocycles. The Balaban J connectivity index is 1.26. The molecule has 0 unspecified atom stereocenters. The maximum Gasteiger partial charge on any atom is 0.0641 e. The fourth-order valence-corrected chi connectivity index (χ4v) is 7.88. The minimum atomic E-state index is 1.15. The first-order chi connectivity index (χ1) is 24.8. The van der Waals surface area contributed by atoms with Gasteiger partial charge in [-0.15, -0.1) is 0 Å². The van der Waals surface area contributed by atoms with Gasteiger partial charge in [0.25, 0.3) is 0 Å². The van der Waals surface area contributed by atoms with Gasteiger partial charge in [-0.25, -0.2) is 0 Å². The smallest absolute Gasteiger partial charge is 0.0641 e. The maximum absolute atomic E-state index is 2.51. The molecule has 0 saturated heterocycles. The molecular weight excluding hydrogens is 605 g/mol. The van der Waals surface area contributed by atoms with Gasteiger partial charge < -0.3 is 9.13 Å². The van der Waals surface area contributed by atoms with Crippen molar-refractivity contribution in [3.8, 4) is 44.8 Å². The van der Waals surface area contributed by atoms with Crippen LogP contribution in [0.2, 0.25) is 0 Å². The van der Waals surface area contributed by atoms with Gasteiger partial charge >= 0.3 is 0 Å². The van der Waals surface area contributed by atoms with Gasteiger partial charge in [0.15, 0.2) is 0 Å². The average molecular weight is 637 g/mol. The Morgan fingerprint density at radius 2 is 0.860 bits per heavy atom. The van der Waals surface area contributed by atoms with Crippen molar-refractivity contribution in [2.45, 2.75) is 0 Å². The van der Waals surface area contributed by atoms with Gasteiger partial charge in [-0.05, 0) is 70.3 Å². The molecule has 0 aliphatic heterocycles. The molecule has 10 rings (SSSR count). The molecule has 0 fully saturated rings. The van der Waals surface area contributed by atoms with Crippen molar-refractivity contribution in [3.63, 3.8) is 0 Å². The second-order valence-corrected chi connectivity index (χ2v) is 12.9. The maximum atomic E-state index is 2.51.